The van der Waals surface area contributed by atoms with Gasteiger partial charge in [-0.3, -0.25) is 0 Å². The summed E-state index contributed by atoms with van der Waals surface area (Å²) in [6.07, 6.45) is 7.65. The smallest absolute Gasteiger partial charge is 0.122 e. The first-order valence-electron chi connectivity index (χ1n) is 7.45. The standard InChI is InChI=1S/C17H25NO/c1-3-5-6-13-19-17-12-8-9-14-15(17)10-7-11-16(14)18-4-2/h3,8-9,12,16,18H,1,4-7,10-11,13H2,2H3. The van der Waals surface area contributed by atoms with Crippen molar-refractivity contribution in [3.05, 3.63) is 42.0 Å². The number of nitrogens with one attached hydrogen (secondary N) is 1. The Kier molecular flexibility index (Phi) is 5.46. The predicted octanol–water partition coefficient (Wildman–Crippen LogP) is 4.02. The van der Waals surface area contributed by atoms with Crippen molar-refractivity contribution in [1.29, 1.82) is 0 Å². The van der Waals surface area contributed by atoms with Gasteiger partial charge in [-0.1, -0.05) is 25.1 Å². The summed E-state index contributed by atoms with van der Waals surface area (Å²) < 4.78 is 5.96. The molecule has 0 saturated heterocycles. The van der Waals surface area contributed by atoms with Crippen LogP contribution in [0.1, 0.15) is 49.8 Å². The van der Waals surface area contributed by atoms with Crippen molar-refractivity contribution < 1.29 is 4.74 Å². The van der Waals surface area contributed by atoms with E-state index in [1.807, 2.05) is 6.08 Å². The summed E-state index contributed by atoms with van der Waals surface area (Å²) in [5.41, 5.74) is 2.85. The third kappa shape index (κ3) is 3.60. The Morgan fingerprint density at radius 1 is 1.47 bits per heavy atom. The fraction of sp³-hybridized carbons (Fsp3) is 0.529. The van der Waals surface area contributed by atoms with Crippen LogP contribution in [0.15, 0.2) is 30.9 Å². The number of rotatable bonds is 7. The molecular formula is C17H25NO. The van der Waals surface area contributed by atoms with Crippen LogP contribution in [-0.4, -0.2) is 13.2 Å². The normalized spacial score (nSPS) is 17.8. The van der Waals surface area contributed by atoms with Crippen molar-refractivity contribution in [3.63, 3.8) is 0 Å². The predicted molar refractivity (Wildman–Crippen MR) is 80.7 cm³/mol. The van der Waals surface area contributed by atoms with Crippen LogP contribution in [-0.2, 0) is 6.42 Å². The minimum atomic E-state index is 0.505. The maximum atomic E-state index is 5.96. The third-order valence-electron chi connectivity index (χ3n) is 3.72. The Bertz CT molecular complexity index is 414. The molecule has 1 unspecified atom stereocenters. The maximum absolute atomic E-state index is 5.96. The van der Waals surface area contributed by atoms with Gasteiger partial charge in [0.05, 0.1) is 6.61 Å². The zero-order valence-electron chi connectivity index (χ0n) is 12.0. The number of fused-ring (bicyclic) bond motifs is 1. The summed E-state index contributed by atoms with van der Waals surface area (Å²) in [6.45, 7) is 7.72. The molecular weight excluding hydrogens is 234 g/mol. The van der Waals surface area contributed by atoms with Gasteiger partial charge in [0.15, 0.2) is 0 Å². The molecule has 2 rings (SSSR count). The monoisotopic (exact) mass is 259 g/mol. The van der Waals surface area contributed by atoms with Gasteiger partial charge >= 0.3 is 0 Å². The van der Waals surface area contributed by atoms with Crippen LogP contribution in [0.4, 0.5) is 0 Å². The van der Waals surface area contributed by atoms with Crippen molar-refractivity contribution in [2.24, 2.45) is 0 Å². The van der Waals surface area contributed by atoms with Crippen molar-refractivity contribution in [2.75, 3.05) is 13.2 Å². The number of allylic oxidation sites excluding steroid dienone is 1. The van der Waals surface area contributed by atoms with Crippen LogP contribution in [0.25, 0.3) is 0 Å². The fourth-order valence-corrected chi connectivity index (χ4v) is 2.82. The van der Waals surface area contributed by atoms with Gasteiger partial charge in [0.1, 0.15) is 5.75 Å². The van der Waals surface area contributed by atoms with Gasteiger partial charge < -0.3 is 10.1 Å². The molecule has 0 fully saturated rings. The molecule has 0 aromatic heterocycles. The second-order valence-electron chi connectivity index (χ2n) is 5.11. The molecule has 1 N–H and O–H groups in total. The largest absolute Gasteiger partial charge is 0.493 e. The van der Waals surface area contributed by atoms with Gasteiger partial charge in [-0.25, -0.2) is 0 Å². The Hall–Kier alpha value is -1.28. The van der Waals surface area contributed by atoms with E-state index in [1.165, 1.54) is 24.0 Å². The highest BCUT2D eigenvalue weighted by atomic mass is 16.5. The van der Waals surface area contributed by atoms with Crippen LogP contribution in [0.3, 0.4) is 0 Å². The summed E-state index contributed by atoms with van der Waals surface area (Å²) in [5.74, 6) is 1.09. The average molecular weight is 259 g/mol. The first-order valence-corrected chi connectivity index (χ1v) is 7.45. The SMILES string of the molecule is C=CCCCOc1cccc2c1CCCC2NCC. The average Bonchev–Trinajstić information content (AvgIpc) is 2.44. The van der Waals surface area contributed by atoms with Crippen LogP contribution in [0.5, 0.6) is 5.75 Å². The lowest BCUT2D eigenvalue weighted by atomic mass is 9.87. The summed E-state index contributed by atoms with van der Waals surface area (Å²) in [5, 5.41) is 3.58. The Morgan fingerprint density at radius 3 is 3.16 bits per heavy atom. The first kappa shape index (κ1) is 14.1. The Labute approximate surface area is 116 Å². The molecule has 1 aliphatic rings. The molecule has 0 spiro atoms. The van der Waals surface area contributed by atoms with Gasteiger partial charge in [0.2, 0.25) is 0 Å². The zero-order chi connectivity index (χ0) is 13.5. The Morgan fingerprint density at radius 2 is 2.37 bits per heavy atom. The molecule has 2 nitrogen and oxygen atoms in total. The maximum Gasteiger partial charge on any atom is 0.122 e. The summed E-state index contributed by atoms with van der Waals surface area (Å²) in [4.78, 5) is 0. The zero-order valence-corrected chi connectivity index (χ0v) is 12.0. The molecule has 0 bridgehead atoms. The lowest BCUT2D eigenvalue weighted by Crippen LogP contribution is -2.25. The van der Waals surface area contributed by atoms with Crippen LogP contribution in [0.2, 0.25) is 0 Å². The summed E-state index contributed by atoms with van der Waals surface area (Å²) in [6, 6.07) is 6.99. The molecule has 1 aliphatic carbocycles. The molecule has 1 aromatic rings. The van der Waals surface area contributed by atoms with E-state index < -0.39 is 0 Å². The first-order chi connectivity index (χ1) is 9.36. The molecule has 0 radical (unpaired) electrons. The molecule has 1 atom stereocenters. The number of hydrogen-bond donors (Lipinski definition) is 1. The summed E-state index contributed by atoms with van der Waals surface area (Å²) >= 11 is 0. The van der Waals surface area contributed by atoms with E-state index in [1.54, 1.807) is 0 Å². The van der Waals surface area contributed by atoms with Crippen molar-refractivity contribution in [2.45, 2.75) is 45.1 Å². The fourth-order valence-electron chi connectivity index (χ4n) is 2.82. The minimum Gasteiger partial charge on any atom is -0.493 e. The van der Waals surface area contributed by atoms with E-state index in [9.17, 15) is 0 Å². The lowest BCUT2D eigenvalue weighted by molar-refractivity contribution is 0.305. The van der Waals surface area contributed by atoms with Gasteiger partial charge in [0.25, 0.3) is 0 Å². The van der Waals surface area contributed by atoms with E-state index in [0.717, 1.165) is 38.2 Å². The number of benzene rings is 1. The second kappa shape index (κ2) is 7.34. The van der Waals surface area contributed by atoms with E-state index in [-0.39, 0.29) is 0 Å². The highest BCUT2D eigenvalue weighted by Gasteiger charge is 2.21. The van der Waals surface area contributed by atoms with Crippen molar-refractivity contribution >= 4 is 0 Å². The molecule has 0 heterocycles. The number of hydrogen-bond acceptors (Lipinski definition) is 2. The van der Waals surface area contributed by atoms with E-state index in [2.05, 4.69) is 37.0 Å². The van der Waals surface area contributed by atoms with E-state index in [4.69, 9.17) is 4.74 Å². The second-order valence-corrected chi connectivity index (χ2v) is 5.11. The highest BCUT2D eigenvalue weighted by molar-refractivity contribution is 5.43. The van der Waals surface area contributed by atoms with Gasteiger partial charge in [-0.2, -0.15) is 0 Å². The van der Waals surface area contributed by atoms with Crippen LogP contribution >= 0.6 is 0 Å². The molecule has 0 amide bonds. The molecule has 19 heavy (non-hydrogen) atoms. The van der Waals surface area contributed by atoms with Gasteiger partial charge in [0, 0.05) is 6.04 Å². The van der Waals surface area contributed by atoms with Crippen molar-refractivity contribution in [1.82, 2.24) is 5.32 Å². The van der Waals surface area contributed by atoms with Crippen LogP contribution in [0, 0.1) is 0 Å². The van der Waals surface area contributed by atoms with Crippen molar-refractivity contribution in [3.8, 4) is 5.75 Å². The van der Waals surface area contributed by atoms with Crippen LogP contribution < -0.4 is 10.1 Å². The summed E-state index contributed by atoms with van der Waals surface area (Å²) in [7, 11) is 0. The van der Waals surface area contributed by atoms with E-state index in [0.29, 0.717) is 6.04 Å². The third-order valence-corrected chi connectivity index (χ3v) is 3.72. The molecule has 104 valence electrons. The number of unbranched alkanes of at least 4 members (excludes halogenated alkanes) is 1. The Balaban J connectivity index is 2.08. The molecule has 1 aromatic carbocycles. The molecule has 2 heteroatoms. The topological polar surface area (TPSA) is 21.3 Å². The quantitative estimate of drug-likeness (QED) is 0.590. The van der Waals surface area contributed by atoms with Gasteiger partial charge in [-0.15, -0.1) is 6.58 Å². The minimum absolute atomic E-state index is 0.505. The lowest BCUT2D eigenvalue weighted by Gasteiger charge is -2.27. The molecule has 0 saturated carbocycles. The highest BCUT2D eigenvalue weighted by Crippen LogP contribution is 2.35. The van der Waals surface area contributed by atoms with Gasteiger partial charge in [-0.05, 0) is 55.8 Å². The van der Waals surface area contributed by atoms with E-state index >= 15 is 0 Å². The number of ether oxygens (including phenoxy) is 1. The molecule has 0 aliphatic heterocycles.